The number of likely N-dealkylation sites (tertiary alicyclic amines) is 1. The maximum absolute atomic E-state index is 13.1. The van der Waals surface area contributed by atoms with E-state index in [1.807, 2.05) is 4.90 Å². The molecule has 7 fully saturated rings. The molecule has 8 rings (SSSR count). The maximum Gasteiger partial charge on any atom is 0.232 e. The van der Waals surface area contributed by atoms with Crippen LogP contribution in [0, 0.1) is 46.3 Å². The van der Waals surface area contributed by atoms with E-state index in [1.165, 1.54) is 64.5 Å². The second kappa shape index (κ2) is 12.9. The topological polar surface area (TPSA) is 77.1 Å². The first-order valence-corrected chi connectivity index (χ1v) is 20.2. The predicted octanol–water partition coefficient (Wildman–Crippen LogP) is 5.04. The van der Waals surface area contributed by atoms with Gasteiger partial charge >= 0.3 is 0 Å². The van der Waals surface area contributed by atoms with Gasteiger partial charge in [-0.3, -0.25) is 19.8 Å². The molecule has 0 bridgehead atoms. The Morgan fingerprint density at radius 2 is 1.69 bits per heavy atom. The van der Waals surface area contributed by atoms with E-state index in [2.05, 4.69) is 54.2 Å². The first-order valence-electron chi connectivity index (χ1n) is 20.2. The van der Waals surface area contributed by atoms with Crippen molar-refractivity contribution in [3.63, 3.8) is 0 Å². The molecule has 8 heteroatoms. The molecule has 4 aliphatic carbocycles. The normalized spacial score (nSPS) is 46.1. The van der Waals surface area contributed by atoms with Crippen LogP contribution >= 0.6 is 0 Å². The molecule has 8 nitrogen and oxygen atoms in total. The molecular weight excluding hydrogens is 598 g/mol. The molecule has 0 aromatic rings. The van der Waals surface area contributed by atoms with Gasteiger partial charge in [-0.1, -0.05) is 39.3 Å². The number of hydrogen-bond acceptors (Lipinski definition) is 6. The lowest BCUT2D eigenvalue weighted by molar-refractivity contribution is -0.137. The van der Waals surface area contributed by atoms with Crippen molar-refractivity contribution in [2.24, 2.45) is 46.3 Å². The minimum atomic E-state index is -0.0898. The van der Waals surface area contributed by atoms with E-state index in [1.54, 1.807) is 5.57 Å². The summed E-state index contributed by atoms with van der Waals surface area (Å²) in [4.78, 5) is 33.2. The van der Waals surface area contributed by atoms with E-state index in [0.29, 0.717) is 23.4 Å². The number of nitrogens with one attached hydrogen (secondary N) is 2. The van der Waals surface area contributed by atoms with Crippen LogP contribution in [0.4, 0.5) is 0 Å². The van der Waals surface area contributed by atoms with Crippen LogP contribution in [0.25, 0.3) is 0 Å². The highest BCUT2D eigenvalue weighted by molar-refractivity contribution is 5.97. The van der Waals surface area contributed by atoms with E-state index < -0.39 is 0 Å². The third-order valence-corrected chi connectivity index (χ3v) is 15.9. The van der Waals surface area contributed by atoms with Gasteiger partial charge < -0.3 is 19.9 Å². The predicted molar refractivity (Wildman–Crippen MR) is 189 cm³/mol. The number of rotatable bonds is 6. The minimum Gasteiger partial charge on any atom is -0.357 e. The van der Waals surface area contributed by atoms with Gasteiger partial charge in [-0.25, -0.2) is 0 Å². The molecule has 0 aromatic carbocycles. The second-order valence-electron chi connectivity index (χ2n) is 18.4. The van der Waals surface area contributed by atoms with E-state index in [4.69, 9.17) is 4.74 Å². The number of fused-ring (bicyclic) bond motifs is 7. The Morgan fingerprint density at radius 1 is 0.938 bits per heavy atom. The second-order valence-corrected chi connectivity index (χ2v) is 18.4. The molecule has 2 N–H and O–H groups in total. The van der Waals surface area contributed by atoms with Crippen molar-refractivity contribution < 1.29 is 14.3 Å². The van der Waals surface area contributed by atoms with Gasteiger partial charge in [-0.05, 0) is 124 Å². The SMILES string of the molecule is C[C@@H]1CC[C@@]2(NC1)O[C@H]1C[C@H]3[C@@H]4CC=C5C[C@@H](NC(=O)CC(=O)N6CCN(CCN7CCCC7)CC6)CC[C@]5(C)[C@H]4CC[C@]3(C)[C@H]1[C@@H]2C. The minimum absolute atomic E-state index is 0.00306. The fraction of sp³-hybridized carbons (Fsp3) is 0.900. The van der Waals surface area contributed by atoms with Gasteiger partial charge in [0.1, 0.15) is 12.1 Å². The quantitative estimate of drug-likeness (QED) is 0.307. The first-order chi connectivity index (χ1) is 23.1. The Morgan fingerprint density at radius 3 is 2.42 bits per heavy atom. The Labute approximate surface area is 290 Å². The van der Waals surface area contributed by atoms with Crippen molar-refractivity contribution in [1.29, 1.82) is 0 Å². The molecule has 4 saturated heterocycles. The van der Waals surface area contributed by atoms with Gasteiger partial charge in [0.05, 0.1) is 6.10 Å². The molecule has 8 aliphatic rings. The van der Waals surface area contributed by atoms with Gasteiger partial charge in [0.25, 0.3) is 0 Å². The molecular formula is C40H65N5O3. The summed E-state index contributed by atoms with van der Waals surface area (Å²) >= 11 is 0. The van der Waals surface area contributed by atoms with Crippen LogP contribution in [0.1, 0.15) is 105 Å². The highest BCUT2D eigenvalue weighted by atomic mass is 16.5. The summed E-state index contributed by atoms with van der Waals surface area (Å²) in [6, 6.07) is 0.152. The lowest BCUT2D eigenvalue weighted by atomic mass is 9.46. The van der Waals surface area contributed by atoms with Crippen LogP contribution in [0.5, 0.6) is 0 Å². The molecule has 268 valence electrons. The molecule has 0 aromatic heterocycles. The Hall–Kier alpha value is -1.48. The van der Waals surface area contributed by atoms with Crippen LogP contribution in [0.3, 0.4) is 0 Å². The van der Waals surface area contributed by atoms with E-state index in [-0.39, 0.29) is 35.4 Å². The number of ether oxygens (including phenoxy) is 1. The van der Waals surface area contributed by atoms with Crippen LogP contribution in [0.2, 0.25) is 0 Å². The van der Waals surface area contributed by atoms with Gasteiger partial charge in [0.15, 0.2) is 0 Å². The highest BCUT2D eigenvalue weighted by Crippen LogP contribution is 2.70. The Balaban J connectivity index is 0.838. The van der Waals surface area contributed by atoms with Crippen LogP contribution in [-0.4, -0.2) is 103 Å². The summed E-state index contributed by atoms with van der Waals surface area (Å²) in [6.45, 7) is 19.2. The van der Waals surface area contributed by atoms with Crippen molar-refractivity contribution in [2.45, 2.75) is 123 Å². The molecule has 3 saturated carbocycles. The molecule has 4 aliphatic heterocycles. The average molecular weight is 664 g/mol. The number of piperazine rings is 1. The Bertz CT molecular complexity index is 1250. The fourth-order valence-corrected chi connectivity index (χ4v) is 13.0. The number of allylic oxidation sites excluding steroid dienone is 1. The van der Waals surface area contributed by atoms with Crippen molar-refractivity contribution in [3.8, 4) is 0 Å². The van der Waals surface area contributed by atoms with Crippen molar-refractivity contribution in [2.75, 3.05) is 58.9 Å². The number of carbonyl (C=O) groups excluding carboxylic acids is 2. The van der Waals surface area contributed by atoms with Crippen LogP contribution in [0.15, 0.2) is 11.6 Å². The molecule has 0 unspecified atom stereocenters. The summed E-state index contributed by atoms with van der Waals surface area (Å²) in [5, 5.41) is 7.22. The number of amides is 2. The Kier molecular flexibility index (Phi) is 9.07. The van der Waals surface area contributed by atoms with E-state index >= 15 is 0 Å². The smallest absolute Gasteiger partial charge is 0.232 e. The van der Waals surface area contributed by atoms with Gasteiger partial charge in [-0.2, -0.15) is 0 Å². The average Bonchev–Trinajstić information content (AvgIpc) is 3.77. The zero-order valence-electron chi connectivity index (χ0n) is 30.6. The number of nitrogens with zero attached hydrogens (tertiary/aromatic N) is 3. The highest BCUT2D eigenvalue weighted by Gasteiger charge is 2.68. The molecule has 48 heavy (non-hydrogen) atoms. The summed E-state index contributed by atoms with van der Waals surface area (Å²) < 4.78 is 7.09. The third-order valence-electron chi connectivity index (χ3n) is 15.9. The third kappa shape index (κ3) is 5.81. The van der Waals surface area contributed by atoms with Crippen molar-refractivity contribution >= 4 is 11.8 Å². The monoisotopic (exact) mass is 664 g/mol. The standard InChI is InChI=1S/C40H65N5O3/c1-27-9-14-40(41-26-27)28(2)37-34(48-40)24-33-31-8-7-29-23-30(10-12-38(29,3)32(31)11-13-39(33,37)4)42-35(46)25-36(47)45-21-19-44(20-22-45)18-17-43-15-5-6-16-43/h7,27-28,30-34,37,41H,5-6,8-26H2,1-4H3,(H,42,46)/t27-,28+,30+,31-,32+,33+,34+,37+,38+,39+,40-/m1/s1. The first kappa shape index (κ1) is 33.7. The van der Waals surface area contributed by atoms with E-state index in [9.17, 15) is 9.59 Å². The molecule has 1 spiro atoms. The summed E-state index contributed by atoms with van der Waals surface area (Å²) in [5.74, 6) is 4.14. The lowest BCUT2D eigenvalue weighted by Crippen LogP contribution is -2.57. The molecule has 11 atom stereocenters. The van der Waals surface area contributed by atoms with Crippen LogP contribution in [-0.2, 0) is 14.3 Å². The number of piperidine rings is 1. The largest absolute Gasteiger partial charge is 0.357 e. The number of hydrogen-bond donors (Lipinski definition) is 2. The zero-order valence-corrected chi connectivity index (χ0v) is 30.6. The van der Waals surface area contributed by atoms with Gasteiger partial charge in [0, 0.05) is 57.8 Å². The fourth-order valence-electron chi connectivity index (χ4n) is 13.0. The van der Waals surface area contributed by atoms with Gasteiger partial charge in [-0.15, -0.1) is 0 Å². The van der Waals surface area contributed by atoms with Crippen molar-refractivity contribution in [1.82, 2.24) is 25.3 Å². The number of carbonyl (C=O) groups is 2. The van der Waals surface area contributed by atoms with E-state index in [0.717, 1.165) is 88.7 Å². The van der Waals surface area contributed by atoms with Gasteiger partial charge in [0.2, 0.25) is 11.8 Å². The molecule has 0 radical (unpaired) electrons. The molecule has 2 amide bonds. The lowest BCUT2D eigenvalue weighted by Gasteiger charge is -2.58. The zero-order chi connectivity index (χ0) is 33.3. The van der Waals surface area contributed by atoms with Crippen LogP contribution < -0.4 is 10.6 Å². The summed E-state index contributed by atoms with van der Waals surface area (Å²) in [6.07, 6.45) is 16.3. The van der Waals surface area contributed by atoms with Crippen molar-refractivity contribution in [3.05, 3.63) is 11.6 Å². The summed E-state index contributed by atoms with van der Waals surface area (Å²) in [7, 11) is 0. The summed E-state index contributed by atoms with van der Waals surface area (Å²) in [5.41, 5.74) is 2.11. The molecule has 4 heterocycles. The maximum atomic E-state index is 13.1.